The third-order valence-corrected chi connectivity index (χ3v) is 2.41. The third-order valence-electron chi connectivity index (χ3n) is 2.41. The fourth-order valence-electron chi connectivity index (χ4n) is 1.64. The minimum absolute atomic E-state index is 0.0382. The molecule has 0 fully saturated rings. The minimum atomic E-state index is 0.0382. The fourth-order valence-corrected chi connectivity index (χ4v) is 1.64. The number of nitrogens with zero attached hydrogens (tertiary/aromatic N) is 1. The zero-order valence-electron chi connectivity index (χ0n) is 11.0. The fraction of sp³-hybridized carbons (Fsp3) is 0.615. The molecule has 0 aromatic carbocycles. The first-order valence-electron chi connectivity index (χ1n) is 6.04. The van der Waals surface area contributed by atoms with Crippen molar-refractivity contribution in [3.8, 4) is 0 Å². The van der Waals surface area contributed by atoms with Crippen molar-refractivity contribution in [1.29, 1.82) is 0 Å². The summed E-state index contributed by atoms with van der Waals surface area (Å²) in [5.41, 5.74) is 0. The van der Waals surface area contributed by atoms with E-state index in [1.807, 2.05) is 26.2 Å². The number of carbonyl (C=O) groups excluding carboxylic acids is 1. The number of nitrogens with one attached hydrogen (secondary N) is 1. The second-order valence-corrected chi connectivity index (χ2v) is 4.55. The second-order valence-electron chi connectivity index (χ2n) is 4.55. The van der Waals surface area contributed by atoms with Gasteiger partial charge in [-0.3, -0.25) is 4.79 Å². The number of hydrogen-bond donors (Lipinski definition) is 1. The van der Waals surface area contributed by atoms with Crippen LogP contribution in [0.2, 0.25) is 0 Å². The van der Waals surface area contributed by atoms with E-state index in [4.69, 9.17) is 4.42 Å². The lowest BCUT2D eigenvalue weighted by Crippen LogP contribution is -2.20. The molecule has 0 aliphatic rings. The minimum Gasteiger partial charge on any atom is -0.465 e. The summed E-state index contributed by atoms with van der Waals surface area (Å²) in [6, 6.07) is 4.07. The highest BCUT2D eigenvalue weighted by Gasteiger charge is 2.03. The zero-order chi connectivity index (χ0) is 12.7. The molecule has 0 spiro atoms. The van der Waals surface area contributed by atoms with Gasteiger partial charge in [0.05, 0.1) is 6.54 Å². The molecule has 0 unspecified atom stereocenters. The molecule has 1 amide bonds. The van der Waals surface area contributed by atoms with Crippen molar-refractivity contribution in [2.75, 3.05) is 20.6 Å². The van der Waals surface area contributed by atoms with E-state index in [0.29, 0.717) is 0 Å². The van der Waals surface area contributed by atoms with E-state index >= 15 is 0 Å². The van der Waals surface area contributed by atoms with Crippen LogP contribution in [0.25, 0.3) is 0 Å². The molecule has 4 heteroatoms. The summed E-state index contributed by atoms with van der Waals surface area (Å²) >= 11 is 0. The maximum atomic E-state index is 10.6. The van der Waals surface area contributed by atoms with Crippen molar-refractivity contribution < 1.29 is 9.21 Å². The first-order chi connectivity index (χ1) is 8.08. The van der Waals surface area contributed by atoms with Gasteiger partial charge >= 0.3 is 0 Å². The van der Waals surface area contributed by atoms with Gasteiger partial charge in [-0.25, -0.2) is 0 Å². The quantitative estimate of drug-likeness (QED) is 0.737. The lowest BCUT2D eigenvalue weighted by Gasteiger charge is -2.05. The maximum absolute atomic E-state index is 10.6. The summed E-state index contributed by atoms with van der Waals surface area (Å²) in [7, 11) is 4.05. The molecule has 0 radical (unpaired) electrons. The predicted molar refractivity (Wildman–Crippen MR) is 67.7 cm³/mol. The van der Waals surface area contributed by atoms with Gasteiger partial charge in [0, 0.05) is 19.9 Å². The number of rotatable bonds is 7. The zero-order valence-corrected chi connectivity index (χ0v) is 11.0. The smallest absolute Gasteiger partial charge is 0.216 e. The van der Waals surface area contributed by atoms with Gasteiger partial charge in [-0.1, -0.05) is 0 Å². The van der Waals surface area contributed by atoms with Crippen molar-refractivity contribution in [3.05, 3.63) is 23.7 Å². The Balaban J connectivity index is 2.18. The van der Waals surface area contributed by atoms with Gasteiger partial charge in [-0.2, -0.15) is 0 Å². The molecule has 1 aromatic heterocycles. The molecule has 96 valence electrons. The molecule has 1 heterocycles. The van der Waals surface area contributed by atoms with E-state index in [1.54, 1.807) is 6.92 Å². The van der Waals surface area contributed by atoms with Crippen LogP contribution in [0.15, 0.2) is 16.5 Å². The highest BCUT2D eigenvalue weighted by molar-refractivity contribution is 5.72. The average molecular weight is 238 g/mol. The molecule has 0 aliphatic heterocycles. The second kappa shape index (κ2) is 7.12. The SMILES string of the molecule is CC(=O)NCCCCc1ccc(CN(C)C)o1. The molecule has 0 bridgehead atoms. The van der Waals surface area contributed by atoms with Gasteiger partial charge < -0.3 is 14.6 Å². The Kier molecular flexibility index (Phi) is 5.77. The molecule has 0 atom stereocenters. The number of unbranched alkanes of at least 4 members (excludes halogenated alkanes) is 1. The summed E-state index contributed by atoms with van der Waals surface area (Å²) in [6.45, 7) is 3.13. The van der Waals surface area contributed by atoms with E-state index in [2.05, 4.69) is 10.2 Å². The first-order valence-corrected chi connectivity index (χ1v) is 6.04. The normalized spacial score (nSPS) is 10.8. The van der Waals surface area contributed by atoms with Crippen molar-refractivity contribution >= 4 is 5.91 Å². The van der Waals surface area contributed by atoms with Gasteiger partial charge in [-0.15, -0.1) is 0 Å². The van der Waals surface area contributed by atoms with Gasteiger partial charge in [0.1, 0.15) is 11.5 Å². The molecule has 1 rings (SSSR count). The Morgan fingerprint density at radius 3 is 2.65 bits per heavy atom. The lowest BCUT2D eigenvalue weighted by molar-refractivity contribution is -0.118. The van der Waals surface area contributed by atoms with Crippen LogP contribution in [0.3, 0.4) is 0 Å². The van der Waals surface area contributed by atoms with E-state index in [1.165, 1.54) is 0 Å². The van der Waals surface area contributed by atoms with Crippen LogP contribution in [-0.4, -0.2) is 31.4 Å². The number of furan rings is 1. The Morgan fingerprint density at radius 1 is 1.29 bits per heavy atom. The van der Waals surface area contributed by atoms with Crippen molar-refractivity contribution in [2.24, 2.45) is 0 Å². The molecule has 0 aliphatic carbocycles. The highest BCUT2D eigenvalue weighted by Crippen LogP contribution is 2.11. The Labute approximate surface area is 103 Å². The summed E-state index contributed by atoms with van der Waals surface area (Å²) in [6.07, 6.45) is 2.96. The molecule has 4 nitrogen and oxygen atoms in total. The van der Waals surface area contributed by atoms with Crippen LogP contribution in [0.5, 0.6) is 0 Å². The third kappa shape index (κ3) is 6.12. The topological polar surface area (TPSA) is 45.5 Å². The average Bonchev–Trinajstić information content (AvgIpc) is 2.63. The monoisotopic (exact) mass is 238 g/mol. The highest BCUT2D eigenvalue weighted by atomic mass is 16.3. The van der Waals surface area contributed by atoms with Crippen LogP contribution in [-0.2, 0) is 17.8 Å². The van der Waals surface area contributed by atoms with Crippen molar-refractivity contribution in [1.82, 2.24) is 10.2 Å². The van der Waals surface area contributed by atoms with Gasteiger partial charge in [-0.05, 0) is 39.1 Å². The van der Waals surface area contributed by atoms with Crippen LogP contribution < -0.4 is 5.32 Å². The van der Waals surface area contributed by atoms with Crippen LogP contribution in [0.1, 0.15) is 31.3 Å². The molecule has 1 aromatic rings. The number of carbonyl (C=O) groups is 1. The van der Waals surface area contributed by atoms with Gasteiger partial charge in [0.2, 0.25) is 5.91 Å². The maximum Gasteiger partial charge on any atom is 0.216 e. The molecule has 17 heavy (non-hydrogen) atoms. The van der Waals surface area contributed by atoms with Crippen molar-refractivity contribution in [3.63, 3.8) is 0 Å². The summed E-state index contributed by atoms with van der Waals surface area (Å²) in [5.74, 6) is 2.08. The van der Waals surface area contributed by atoms with E-state index in [0.717, 1.165) is 43.9 Å². The van der Waals surface area contributed by atoms with Gasteiger partial charge in [0.25, 0.3) is 0 Å². The summed E-state index contributed by atoms with van der Waals surface area (Å²) in [4.78, 5) is 12.7. The summed E-state index contributed by atoms with van der Waals surface area (Å²) < 4.78 is 5.69. The molecule has 0 saturated carbocycles. The molecular formula is C13H22N2O2. The largest absolute Gasteiger partial charge is 0.465 e. The van der Waals surface area contributed by atoms with E-state index in [9.17, 15) is 4.79 Å². The van der Waals surface area contributed by atoms with Crippen LogP contribution in [0, 0.1) is 0 Å². The molecular weight excluding hydrogens is 216 g/mol. The van der Waals surface area contributed by atoms with Gasteiger partial charge in [0.15, 0.2) is 0 Å². The summed E-state index contributed by atoms with van der Waals surface area (Å²) in [5, 5.41) is 2.79. The number of hydrogen-bond acceptors (Lipinski definition) is 3. The lowest BCUT2D eigenvalue weighted by atomic mass is 10.2. The Bertz CT molecular complexity index is 345. The van der Waals surface area contributed by atoms with Crippen LogP contribution in [0.4, 0.5) is 0 Å². The number of amides is 1. The predicted octanol–water partition coefficient (Wildman–Crippen LogP) is 1.80. The first kappa shape index (κ1) is 13.8. The van der Waals surface area contributed by atoms with E-state index < -0.39 is 0 Å². The van der Waals surface area contributed by atoms with Crippen molar-refractivity contribution in [2.45, 2.75) is 32.7 Å². The molecule has 1 N–H and O–H groups in total. The number of aryl methyl sites for hydroxylation is 1. The Morgan fingerprint density at radius 2 is 2.00 bits per heavy atom. The van der Waals surface area contributed by atoms with E-state index in [-0.39, 0.29) is 5.91 Å². The Hall–Kier alpha value is -1.29. The standard InChI is InChI=1S/C13H22N2O2/c1-11(16)14-9-5-4-6-12-7-8-13(17-12)10-15(2)3/h7-8H,4-6,9-10H2,1-3H3,(H,14,16). The molecule has 0 saturated heterocycles. The van der Waals surface area contributed by atoms with Crippen LogP contribution >= 0.6 is 0 Å².